The molecule has 0 spiro atoms. The van der Waals surface area contributed by atoms with Crippen molar-refractivity contribution in [2.24, 2.45) is 5.92 Å². The highest BCUT2D eigenvalue weighted by atomic mass is 16.6. The molecular formula is C17H25N3O3. The van der Waals surface area contributed by atoms with Crippen LogP contribution in [-0.4, -0.2) is 40.6 Å². The molecule has 0 aliphatic carbocycles. The third-order valence-corrected chi connectivity index (χ3v) is 3.61. The van der Waals surface area contributed by atoms with E-state index in [0.29, 0.717) is 19.6 Å². The van der Waals surface area contributed by atoms with E-state index in [1.54, 1.807) is 11.1 Å². The molecule has 0 aromatic carbocycles. The zero-order valence-corrected chi connectivity index (χ0v) is 14.0. The Morgan fingerprint density at radius 2 is 2.17 bits per heavy atom. The number of rotatable bonds is 3. The zero-order chi connectivity index (χ0) is 16.9. The third-order valence-electron chi connectivity index (χ3n) is 3.61. The number of pyridine rings is 1. The molecule has 1 aromatic rings. The fourth-order valence-electron chi connectivity index (χ4n) is 2.51. The predicted molar refractivity (Wildman–Crippen MR) is 86.6 cm³/mol. The third kappa shape index (κ3) is 5.54. The maximum absolute atomic E-state index is 12.3. The Morgan fingerprint density at radius 3 is 2.83 bits per heavy atom. The molecule has 6 nitrogen and oxygen atoms in total. The molecule has 6 heteroatoms. The smallest absolute Gasteiger partial charge is 0.410 e. The number of piperidine rings is 1. The fourth-order valence-corrected chi connectivity index (χ4v) is 2.51. The van der Waals surface area contributed by atoms with Crippen molar-refractivity contribution < 1.29 is 14.3 Å². The standard InChI is InChI=1S/C17H25N3O3/c1-17(2,3)23-16(22)20-10-6-7-13(12-20)15(21)19-11-14-8-4-5-9-18-14/h4-5,8-9,13H,6-7,10-12H2,1-3H3,(H,19,21)/t13-/m0/s1. The highest BCUT2D eigenvalue weighted by Gasteiger charge is 2.30. The van der Waals surface area contributed by atoms with Crippen molar-refractivity contribution in [1.29, 1.82) is 0 Å². The van der Waals surface area contributed by atoms with Crippen molar-refractivity contribution in [3.63, 3.8) is 0 Å². The van der Waals surface area contributed by atoms with Crippen LogP contribution in [0.1, 0.15) is 39.3 Å². The van der Waals surface area contributed by atoms with E-state index < -0.39 is 5.60 Å². The summed E-state index contributed by atoms with van der Waals surface area (Å²) in [5, 5.41) is 2.90. The highest BCUT2D eigenvalue weighted by Crippen LogP contribution is 2.19. The SMILES string of the molecule is CC(C)(C)OC(=O)N1CCC[C@H](C(=O)NCc2ccccn2)C1. The van der Waals surface area contributed by atoms with Gasteiger partial charge < -0.3 is 15.0 Å². The number of carbonyl (C=O) groups excluding carboxylic acids is 2. The number of carbonyl (C=O) groups is 2. The summed E-state index contributed by atoms with van der Waals surface area (Å²) in [6, 6.07) is 5.60. The van der Waals surface area contributed by atoms with Gasteiger partial charge in [-0.05, 0) is 45.7 Å². The van der Waals surface area contributed by atoms with Crippen molar-refractivity contribution in [2.75, 3.05) is 13.1 Å². The number of nitrogens with zero attached hydrogens (tertiary/aromatic N) is 2. The van der Waals surface area contributed by atoms with Gasteiger partial charge in [-0.1, -0.05) is 6.07 Å². The highest BCUT2D eigenvalue weighted by molar-refractivity contribution is 5.80. The maximum Gasteiger partial charge on any atom is 0.410 e. The molecule has 1 aliphatic rings. The molecule has 0 radical (unpaired) electrons. The molecule has 2 amide bonds. The van der Waals surface area contributed by atoms with E-state index in [0.717, 1.165) is 18.5 Å². The van der Waals surface area contributed by atoms with Crippen LogP contribution in [0.5, 0.6) is 0 Å². The summed E-state index contributed by atoms with van der Waals surface area (Å²) in [6.45, 7) is 6.97. The van der Waals surface area contributed by atoms with Crippen molar-refractivity contribution in [2.45, 2.75) is 45.8 Å². The topological polar surface area (TPSA) is 71.5 Å². The van der Waals surface area contributed by atoms with Gasteiger partial charge in [0.15, 0.2) is 0 Å². The first-order chi connectivity index (χ1) is 10.8. The van der Waals surface area contributed by atoms with E-state index in [9.17, 15) is 9.59 Å². The molecule has 0 bridgehead atoms. The van der Waals surface area contributed by atoms with E-state index in [1.807, 2.05) is 39.0 Å². The van der Waals surface area contributed by atoms with Crippen LogP contribution in [0.4, 0.5) is 4.79 Å². The van der Waals surface area contributed by atoms with Crippen LogP contribution in [0.25, 0.3) is 0 Å². The molecule has 2 rings (SSSR count). The molecule has 23 heavy (non-hydrogen) atoms. The van der Waals surface area contributed by atoms with Gasteiger partial charge in [0.25, 0.3) is 0 Å². The number of ether oxygens (including phenoxy) is 1. The second-order valence-electron chi connectivity index (χ2n) is 6.80. The number of hydrogen-bond acceptors (Lipinski definition) is 4. The molecule has 1 N–H and O–H groups in total. The summed E-state index contributed by atoms with van der Waals surface area (Å²) in [5.74, 6) is -0.233. The van der Waals surface area contributed by atoms with Crippen LogP contribution in [0.15, 0.2) is 24.4 Å². The first-order valence-electron chi connectivity index (χ1n) is 8.01. The van der Waals surface area contributed by atoms with E-state index in [1.165, 1.54) is 0 Å². The zero-order valence-electron chi connectivity index (χ0n) is 14.0. The number of hydrogen-bond donors (Lipinski definition) is 1. The van der Waals surface area contributed by atoms with Gasteiger partial charge in [-0.25, -0.2) is 4.79 Å². The lowest BCUT2D eigenvalue weighted by molar-refractivity contribution is -0.126. The van der Waals surface area contributed by atoms with E-state index in [-0.39, 0.29) is 17.9 Å². The second kappa shape index (κ2) is 7.44. The Bertz CT molecular complexity index is 540. The lowest BCUT2D eigenvalue weighted by Crippen LogP contribution is -2.46. The molecule has 0 saturated carbocycles. The number of aromatic nitrogens is 1. The minimum Gasteiger partial charge on any atom is -0.444 e. The summed E-state index contributed by atoms with van der Waals surface area (Å²) in [7, 11) is 0. The Kier molecular flexibility index (Phi) is 5.58. The summed E-state index contributed by atoms with van der Waals surface area (Å²) in [5.41, 5.74) is 0.297. The number of amides is 2. The Morgan fingerprint density at radius 1 is 1.39 bits per heavy atom. The van der Waals surface area contributed by atoms with Gasteiger partial charge >= 0.3 is 6.09 Å². The normalized spacial score (nSPS) is 18.4. The molecule has 1 aromatic heterocycles. The van der Waals surface area contributed by atoms with Crippen LogP contribution >= 0.6 is 0 Å². The van der Waals surface area contributed by atoms with Crippen molar-refractivity contribution >= 4 is 12.0 Å². The molecule has 1 aliphatic heterocycles. The summed E-state index contributed by atoms with van der Waals surface area (Å²) >= 11 is 0. The lowest BCUT2D eigenvalue weighted by atomic mass is 9.97. The largest absolute Gasteiger partial charge is 0.444 e. The second-order valence-corrected chi connectivity index (χ2v) is 6.80. The van der Waals surface area contributed by atoms with Gasteiger partial charge in [0.2, 0.25) is 5.91 Å². The van der Waals surface area contributed by atoms with Crippen molar-refractivity contribution in [1.82, 2.24) is 15.2 Å². The summed E-state index contributed by atoms with van der Waals surface area (Å²) in [6.07, 6.45) is 2.94. The van der Waals surface area contributed by atoms with Gasteiger partial charge in [0.1, 0.15) is 5.60 Å². The van der Waals surface area contributed by atoms with Gasteiger partial charge in [-0.3, -0.25) is 9.78 Å². The molecule has 1 fully saturated rings. The van der Waals surface area contributed by atoms with Crippen LogP contribution in [0, 0.1) is 5.92 Å². The Balaban J connectivity index is 1.85. The van der Waals surface area contributed by atoms with Gasteiger partial charge in [0, 0.05) is 19.3 Å². The minimum absolute atomic E-state index is 0.0380. The van der Waals surface area contributed by atoms with Crippen molar-refractivity contribution in [3.05, 3.63) is 30.1 Å². The first-order valence-corrected chi connectivity index (χ1v) is 8.01. The van der Waals surface area contributed by atoms with Crippen molar-refractivity contribution in [3.8, 4) is 0 Å². The molecular weight excluding hydrogens is 294 g/mol. The van der Waals surface area contributed by atoms with E-state index >= 15 is 0 Å². The predicted octanol–water partition coefficient (Wildman–Crippen LogP) is 2.34. The molecule has 1 atom stereocenters. The van der Waals surface area contributed by atoms with Crippen LogP contribution in [0.2, 0.25) is 0 Å². The van der Waals surface area contributed by atoms with Crippen LogP contribution in [-0.2, 0) is 16.1 Å². The van der Waals surface area contributed by atoms with Gasteiger partial charge in [-0.15, -0.1) is 0 Å². The van der Waals surface area contributed by atoms with Crippen LogP contribution < -0.4 is 5.32 Å². The van der Waals surface area contributed by atoms with Gasteiger partial charge in [0.05, 0.1) is 18.2 Å². The average molecular weight is 319 g/mol. The molecule has 1 saturated heterocycles. The van der Waals surface area contributed by atoms with Gasteiger partial charge in [-0.2, -0.15) is 0 Å². The number of likely N-dealkylation sites (tertiary alicyclic amines) is 1. The summed E-state index contributed by atoms with van der Waals surface area (Å²) < 4.78 is 5.38. The Hall–Kier alpha value is -2.11. The average Bonchev–Trinajstić information content (AvgIpc) is 2.52. The van der Waals surface area contributed by atoms with E-state index in [4.69, 9.17) is 4.74 Å². The number of nitrogens with one attached hydrogen (secondary N) is 1. The first kappa shape index (κ1) is 17.2. The molecule has 2 heterocycles. The quantitative estimate of drug-likeness (QED) is 0.928. The molecule has 126 valence electrons. The summed E-state index contributed by atoms with van der Waals surface area (Å²) in [4.78, 5) is 30.2. The minimum atomic E-state index is -0.523. The monoisotopic (exact) mass is 319 g/mol. The fraction of sp³-hybridized carbons (Fsp3) is 0.588. The Labute approximate surface area is 137 Å². The molecule has 0 unspecified atom stereocenters. The maximum atomic E-state index is 12.3. The van der Waals surface area contributed by atoms with E-state index in [2.05, 4.69) is 10.3 Å². The van der Waals surface area contributed by atoms with Crippen LogP contribution in [0.3, 0.4) is 0 Å². The lowest BCUT2D eigenvalue weighted by Gasteiger charge is -2.33.